The highest BCUT2D eigenvalue weighted by Gasteiger charge is 2.36. The van der Waals surface area contributed by atoms with E-state index in [9.17, 15) is 60.6 Å². The van der Waals surface area contributed by atoms with E-state index in [2.05, 4.69) is 25.7 Å². The second kappa shape index (κ2) is 23.9. The van der Waals surface area contributed by atoms with Crippen LogP contribution in [0.1, 0.15) is 66.9 Å². The van der Waals surface area contributed by atoms with Crippen molar-refractivity contribution >= 4 is 29.5 Å². The van der Waals surface area contributed by atoms with E-state index in [0.717, 1.165) is 24.3 Å². The number of nitro benzene ring substituents is 2. The Morgan fingerprint density at radius 2 is 1.19 bits per heavy atom. The number of esters is 2. The number of hydrogen-bond acceptors (Lipinski definition) is 14. The first-order chi connectivity index (χ1) is 25.9. The normalized spacial score (nSPS) is 11.6. The van der Waals surface area contributed by atoms with Gasteiger partial charge in [0.25, 0.3) is 0 Å². The van der Waals surface area contributed by atoms with E-state index >= 15 is 0 Å². The van der Waals surface area contributed by atoms with Crippen LogP contribution in [0.2, 0.25) is 0 Å². The van der Waals surface area contributed by atoms with Gasteiger partial charge in [0, 0.05) is 18.2 Å². The smallest absolute Gasteiger partial charge is 0.422 e. The molecule has 0 aromatic heterocycles. The molecule has 0 heterocycles. The Morgan fingerprint density at radius 1 is 0.772 bits per heavy atom. The lowest BCUT2D eigenvalue weighted by Crippen LogP contribution is -2.28. The van der Waals surface area contributed by atoms with Crippen LogP contribution in [0, 0.1) is 31.5 Å². The number of alkyl halides is 6. The number of carbonyl (C=O) groups is 2. The minimum Gasteiger partial charge on any atom is -0.477 e. The zero-order chi connectivity index (χ0) is 44.9. The second-order valence-corrected chi connectivity index (χ2v) is 12.7. The highest BCUT2D eigenvalue weighted by Crippen LogP contribution is 2.40. The van der Waals surface area contributed by atoms with E-state index < -0.39 is 93.0 Å². The summed E-state index contributed by atoms with van der Waals surface area (Å²) in [6, 6.07) is 5.48. The fraction of sp³-hybridized carbons (Fsp3) is 0.500. The lowest BCUT2D eigenvalue weighted by Gasteiger charge is -2.29. The van der Waals surface area contributed by atoms with Gasteiger partial charge in [0.2, 0.25) is 5.76 Å². The average molecular weight is 835 g/mol. The molecule has 0 radical (unpaired) electrons. The third kappa shape index (κ3) is 23.6. The molecule has 0 aliphatic heterocycles. The van der Waals surface area contributed by atoms with Crippen molar-refractivity contribution in [3.63, 3.8) is 0 Å². The van der Waals surface area contributed by atoms with E-state index in [1.165, 1.54) is 6.07 Å². The standard InChI is InChI=1S/C16H20F3NO5.C9H16O4.C8H5F4NO3.CO2/c1-5-24-14(21)13(15(2,3)4)10-6-7-11(20(22)23)12(8-10)25-9-16(17,18)19;1-6-11-8(10)7(2)12-13-9(3,4)5;9-5-1-2-6(13(14)15)7(3-5)16-4-8(10,11)12;2-1-3/h6-8,13H,5,9H2,1-4H3;2,6H2,1,3-5H3;1-3H,4H2;. The number of hydrogen-bond donors (Lipinski definition) is 0. The van der Waals surface area contributed by atoms with Gasteiger partial charge in [-0.3, -0.25) is 25.0 Å². The van der Waals surface area contributed by atoms with Gasteiger partial charge in [-0.25, -0.2) is 9.18 Å². The largest absolute Gasteiger partial charge is 0.477 e. The molecular weight excluding hydrogens is 793 g/mol. The zero-order valence-corrected chi connectivity index (χ0v) is 31.8. The molecule has 1 unspecified atom stereocenters. The number of carbonyl (C=O) groups excluding carboxylic acids is 4. The Bertz CT molecular complexity index is 1680. The first-order valence-corrected chi connectivity index (χ1v) is 15.9. The Balaban J connectivity index is 0. The van der Waals surface area contributed by atoms with Gasteiger partial charge in [-0.1, -0.05) is 26.8 Å². The van der Waals surface area contributed by atoms with Crippen molar-refractivity contribution in [2.75, 3.05) is 26.4 Å². The molecule has 0 saturated heterocycles. The summed E-state index contributed by atoms with van der Waals surface area (Å²) < 4.78 is 104. The SMILES string of the molecule is C=C(OOC(C)(C)C)C(=O)OCC.CCOC(=O)C(c1ccc([N+](=O)[O-])c(OCC(F)(F)F)c1)C(C)(C)C.O=C=O.O=[N+]([O-])c1ccc(F)cc1OCC(F)(F)F. The van der Waals surface area contributed by atoms with Crippen molar-refractivity contribution in [3.05, 3.63) is 80.3 Å². The van der Waals surface area contributed by atoms with Gasteiger partial charge in [0.15, 0.2) is 24.7 Å². The fourth-order valence-electron chi connectivity index (χ4n) is 3.69. The summed E-state index contributed by atoms with van der Waals surface area (Å²) in [4.78, 5) is 68.6. The van der Waals surface area contributed by atoms with Crippen LogP contribution in [0.4, 0.5) is 42.1 Å². The summed E-state index contributed by atoms with van der Waals surface area (Å²) in [5.74, 6) is -4.33. The summed E-state index contributed by atoms with van der Waals surface area (Å²) in [6.07, 6.45) is -9.03. The van der Waals surface area contributed by atoms with Crippen molar-refractivity contribution in [2.45, 2.75) is 79.3 Å². The molecule has 2 rings (SSSR count). The highest BCUT2D eigenvalue weighted by molar-refractivity contribution is 5.85. The number of benzene rings is 2. The molecule has 23 heteroatoms. The monoisotopic (exact) mass is 834 g/mol. The Hall–Kier alpha value is -5.83. The van der Waals surface area contributed by atoms with Crippen LogP contribution in [0.3, 0.4) is 0 Å². The Morgan fingerprint density at radius 3 is 1.56 bits per heavy atom. The van der Waals surface area contributed by atoms with Gasteiger partial charge in [-0.15, -0.1) is 0 Å². The molecule has 0 saturated carbocycles. The average Bonchev–Trinajstić information content (AvgIpc) is 3.05. The first kappa shape index (κ1) is 53.3. The molecule has 0 N–H and O–H groups in total. The molecule has 0 bridgehead atoms. The second-order valence-electron chi connectivity index (χ2n) is 12.7. The van der Waals surface area contributed by atoms with Crippen molar-refractivity contribution in [2.24, 2.45) is 5.41 Å². The number of halogens is 7. The maximum absolute atomic E-state index is 12.6. The summed E-state index contributed by atoms with van der Waals surface area (Å²) >= 11 is 0. The van der Waals surface area contributed by atoms with Crippen LogP contribution >= 0.6 is 0 Å². The zero-order valence-electron chi connectivity index (χ0n) is 31.8. The van der Waals surface area contributed by atoms with Crippen LogP contribution in [-0.4, -0.2) is 72.3 Å². The molecule has 57 heavy (non-hydrogen) atoms. The fourth-order valence-corrected chi connectivity index (χ4v) is 3.69. The summed E-state index contributed by atoms with van der Waals surface area (Å²) in [5, 5.41) is 21.4. The number of nitro groups is 2. The maximum Gasteiger partial charge on any atom is 0.422 e. The van der Waals surface area contributed by atoms with Crippen molar-refractivity contribution < 1.29 is 88.5 Å². The van der Waals surface area contributed by atoms with E-state index in [1.54, 1.807) is 55.4 Å². The van der Waals surface area contributed by atoms with Gasteiger partial charge in [-0.2, -0.15) is 40.8 Å². The topological polar surface area (TPSA) is 210 Å². The van der Waals surface area contributed by atoms with Gasteiger partial charge >= 0.3 is 41.8 Å². The van der Waals surface area contributed by atoms with Crippen LogP contribution < -0.4 is 9.47 Å². The van der Waals surface area contributed by atoms with Gasteiger partial charge in [0.05, 0.1) is 29.0 Å². The van der Waals surface area contributed by atoms with Gasteiger partial charge in [-0.05, 0) is 64.3 Å². The molecule has 0 aliphatic carbocycles. The van der Waals surface area contributed by atoms with Crippen LogP contribution in [0.15, 0.2) is 48.7 Å². The molecule has 0 spiro atoms. The Kier molecular flexibility index (Phi) is 22.4. The first-order valence-electron chi connectivity index (χ1n) is 15.9. The molecule has 2 aromatic carbocycles. The summed E-state index contributed by atoms with van der Waals surface area (Å²) in [6.45, 7) is 14.4. The molecule has 16 nitrogen and oxygen atoms in total. The predicted molar refractivity (Wildman–Crippen MR) is 181 cm³/mol. The minimum atomic E-state index is -4.64. The lowest BCUT2D eigenvalue weighted by atomic mass is 9.76. The minimum absolute atomic E-state index is 0.135. The highest BCUT2D eigenvalue weighted by atomic mass is 19.4. The lowest BCUT2D eigenvalue weighted by molar-refractivity contribution is -0.386. The Labute approximate surface area is 321 Å². The quantitative estimate of drug-likeness (QED) is 0.0355. The summed E-state index contributed by atoms with van der Waals surface area (Å²) in [5.41, 5.74) is -2.14. The third-order valence-corrected chi connectivity index (χ3v) is 5.70. The van der Waals surface area contributed by atoms with Crippen LogP contribution in [-0.2, 0) is 38.4 Å². The van der Waals surface area contributed by atoms with Crippen molar-refractivity contribution in [1.82, 2.24) is 0 Å². The number of rotatable bonds is 13. The van der Waals surface area contributed by atoms with E-state index in [0.29, 0.717) is 6.07 Å². The van der Waals surface area contributed by atoms with Crippen molar-refractivity contribution in [1.29, 1.82) is 0 Å². The van der Waals surface area contributed by atoms with Gasteiger partial charge < -0.3 is 23.8 Å². The maximum atomic E-state index is 12.6. The van der Waals surface area contributed by atoms with Gasteiger partial charge in [0.1, 0.15) is 11.4 Å². The van der Waals surface area contributed by atoms with E-state index in [1.807, 2.05) is 0 Å². The molecule has 0 amide bonds. The van der Waals surface area contributed by atoms with Crippen molar-refractivity contribution in [3.8, 4) is 11.5 Å². The molecule has 2 aromatic rings. The predicted octanol–water partition coefficient (Wildman–Crippen LogP) is 8.13. The molecule has 1 atom stereocenters. The van der Waals surface area contributed by atoms with E-state index in [4.69, 9.17) is 19.2 Å². The molecular formula is C34H41F7N2O14. The number of ether oxygens (including phenoxy) is 4. The number of nitrogens with zero attached hydrogens (tertiary/aromatic N) is 2. The van der Waals surface area contributed by atoms with Crippen LogP contribution in [0.5, 0.6) is 11.5 Å². The molecule has 320 valence electrons. The van der Waals surface area contributed by atoms with Crippen LogP contribution in [0.25, 0.3) is 0 Å². The van der Waals surface area contributed by atoms with E-state index in [-0.39, 0.29) is 30.7 Å². The molecule has 0 aliphatic rings. The summed E-state index contributed by atoms with van der Waals surface area (Å²) in [7, 11) is 0. The molecule has 0 fully saturated rings. The third-order valence-electron chi connectivity index (χ3n) is 5.70.